The third kappa shape index (κ3) is 4.76. The van der Waals surface area contributed by atoms with Crippen LogP contribution < -0.4 is 10.2 Å². The number of carbonyl (C=O) groups is 3. The molecule has 8 heteroatoms. The Morgan fingerprint density at radius 2 is 2.12 bits per heavy atom. The third-order valence-corrected chi connectivity index (χ3v) is 3.87. The number of ether oxygens (including phenoxy) is 2. The van der Waals surface area contributed by atoms with Gasteiger partial charge in [-0.25, -0.2) is 4.39 Å². The number of hydrogen-bond donors (Lipinski definition) is 1. The smallest absolute Gasteiger partial charge is 0.312 e. The molecule has 1 heterocycles. The Kier molecular flexibility index (Phi) is 6.46. The third-order valence-electron chi connectivity index (χ3n) is 3.87. The highest BCUT2D eigenvalue weighted by molar-refractivity contribution is 5.99. The van der Waals surface area contributed by atoms with Gasteiger partial charge in [0.15, 0.2) is 6.10 Å². The van der Waals surface area contributed by atoms with Crippen LogP contribution in [-0.4, -0.2) is 50.7 Å². The van der Waals surface area contributed by atoms with Crippen LogP contribution in [0.15, 0.2) is 24.3 Å². The Morgan fingerprint density at radius 3 is 2.80 bits per heavy atom. The van der Waals surface area contributed by atoms with Gasteiger partial charge in [-0.05, 0) is 19.1 Å². The molecule has 2 atom stereocenters. The number of methoxy groups -OCH3 is 1. The van der Waals surface area contributed by atoms with E-state index in [1.54, 1.807) is 6.07 Å². The predicted octanol–water partition coefficient (Wildman–Crippen LogP) is 0.873. The van der Waals surface area contributed by atoms with Crippen molar-refractivity contribution >= 4 is 23.5 Å². The maximum atomic E-state index is 13.8. The molecule has 0 aromatic heterocycles. The van der Waals surface area contributed by atoms with Gasteiger partial charge in [-0.2, -0.15) is 0 Å². The average Bonchev–Trinajstić information content (AvgIpc) is 2.97. The zero-order chi connectivity index (χ0) is 18.4. The minimum absolute atomic E-state index is 0.0244. The summed E-state index contributed by atoms with van der Waals surface area (Å²) in [7, 11) is 1.51. The van der Waals surface area contributed by atoms with Crippen LogP contribution in [0, 0.1) is 11.7 Å². The van der Waals surface area contributed by atoms with Crippen molar-refractivity contribution in [1.82, 2.24) is 5.32 Å². The van der Waals surface area contributed by atoms with Crippen molar-refractivity contribution in [3.05, 3.63) is 30.1 Å². The Hall–Kier alpha value is -2.48. The summed E-state index contributed by atoms with van der Waals surface area (Å²) < 4.78 is 23.8. The number of rotatable bonds is 7. The molecule has 25 heavy (non-hydrogen) atoms. The van der Waals surface area contributed by atoms with E-state index in [-0.39, 0.29) is 24.6 Å². The van der Waals surface area contributed by atoms with Crippen LogP contribution in [0.25, 0.3) is 0 Å². The zero-order valence-corrected chi connectivity index (χ0v) is 14.2. The molecule has 2 rings (SSSR count). The SMILES string of the molecule is COCCNC(=O)[C@H](C)OC(=O)[C@H]1CC(=O)N(c2ccccc2F)C1. The van der Waals surface area contributed by atoms with Crippen LogP contribution in [0.4, 0.5) is 10.1 Å². The Balaban J connectivity index is 1.92. The normalized spacial score (nSPS) is 18.1. The number of hydrogen-bond acceptors (Lipinski definition) is 5. The first-order chi connectivity index (χ1) is 11.9. The molecule has 1 N–H and O–H groups in total. The van der Waals surface area contributed by atoms with Gasteiger partial charge in [0.2, 0.25) is 5.91 Å². The second-order valence-corrected chi connectivity index (χ2v) is 5.72. The van der Waals surface area contributed by atoms with Gasteiger partial charge >= 0.3 is 5.97 Å². The lowest BCUT2D eigenvalue weighted by Crippen LogP contribution is -2.38. The van der Waals surface area contributed by atoms with Crippen LogP contribution in [0.3, 0.4) is 0 Å². The summed E-state index contributed by atoms with van der Waals surface area (Å²) in [5.74, 6) is -2.72. The van der Waals surface area contributed by atoms with E-state index in [0.717, 1.165) is 0 Å². The van der Waals surface area contributed by atoms with E-state index in [1.165, 1.54) is 37.1 Å². The second kappa shape index (κ2) is 8.57. The maximum Gasteiger partial charge on any atom is 0.312 e. The van der Waals surface area contributed by atoms with Crippen molar-refractivity contribution in [2.24, 2.45) is 5.92 Å². The van der Waals surface area contributed by atoms with E-state index in [9.17, 15) is 18.8 Å². The quantitative estimate of drug-likeness (QED) is 0.581. The number of benzene rings is 1. The van der Waals surface area contributed by atoms with E-state index in [1.807, 2.05) is 0 Å². The second-order valence-electron chi connectivity index (χ2n) is 5.72. The van der Waals surface area contributed by atoms with Crippen molar-refractivity contribution in [2.75, 3.05) is 31.7 Å². The number of nitrogens with one attached hydrogen (secondary N) is 1. The zero-order valence-electron chi connectivity index (χ0n) is 14.2. The van der Waals surface area contributed by atoms with Gasteiger partial charge in [0.25, 0.3) is 5.91 Å². The van der Waals surface area contributed by atoms with E-state index in [4.69, 9.17) is 9.47 Å². The number of amides is 2. The summed E-state index contributed by atoms with van der Waals surface area (Å²) in [6.45, 7) is 2.13. The molecule has 1 aliphatic heterocycles. The number of esters is 1. The molecule has 0 spiro atoms. The molecule has 0 saturated carbocycles. The fourth-order valence-electron chi connectivity index (χ4n) is 2.51. The Morgan fingerprint density at radius 1 is 1.40 bits per heavy atom. The summed E-state index contributed by atoms with van der Waals surface area (Å²) in [5.41, 5.74) is 0.133. The van der Waals surface area contributed by atoms with Crippen molar-refractivity contribution in [2.45, 2.75) is 19.4 Å². The Bertz CT molecular complexity index is 652. The molecular weight excluding hydrogens is 331 g/mol. The standard InChI is InChI=1S/C17H21FN2O5/c1-11(16(22)19-7-8-24-2)25-17(23)12-9-15(21)20(10-12)14-6-4-3-5-13(14)18/h3-6,11-12H,7-10H2,1-2H3,(H,19,22)/t11-,12-/m0/s1. The molecule has 0 unspecified atom stereocenters. The Labute approximate surface area is 145 Å². The molecule has 1 fully saturated rings. The highest BCUT2D eigenvalue weighted by Crippen LogP contribution is 2.28. The van der Waals surface area contributed by atoms with E-state index < -0.39 is 29.7 Å². The predicted molar refractivity (Wildman–Crippen MR) is 87.3 cm³/mol. The van der Waals surface area contributed by atoms with Gasteiger partial charge in [-0.15, -0.1) is 0 Å². The lowest BCUT2D eigenvalue weighted by Gasteiger charge is -2.18. The maximum absolute atomic E-state index is 13.8. The van der Waals surface area contributed by atoms with E-state index >= 15 is 0 Å². The summed E-state index contributed by atoms with van der Waals surface area (Å²) >= 11 is 0. The molecule has 0 bridgehead atoms. The molecule has 0 aliphatic carbocycles. The van der Waals surface area contributed by atoms with Gasteiger partial charge in [-0.1, -0.05) is 12.1 Å². The first-order valence-corrected chi connectivity index (χ1v) is 7.96. The molecule has 1 aromatic carbocycles. The summed E-state index contributed by atoms with van der Waals surface area (Å²) in [6, 6.07) is 5.87. The van der Waals surface area contributed by atoms with Gasteiger partial charge in [0, 0.05) is 26.6 Å². The van der Waals surface area contributed by atoms with Crippen LogP contribution in [-0.2, 0) is 23.9 Å². The van der Waals surface area contributed by atoms with Crippen LogP contribution in [0.5, 0.6) is 0 Å². The number of carbonyl (C=O) groups excluding carboxylic acids is 3. The molecule has 1 aromatic rings. The molecule has 0 radical (unpaired) electrons. The fraction of sp³-hybridized carbons (Fsp3) is 0.471. The highest BCUT2D eigenvalue weighted by Gasteiger charge is 2.38. The van der Waals surface area contributed by atoms with E-state index in [0.29, 0.717) is 13.2 Å². The van der Waals surface area contributed by atoms with Gasteiger partial charge in [0.1, 0.15) is 5.82 Å². The lowest BCUT2D eigenvalue weighted by molar-refractivity contribution is -0.158. The molecule has 136 valence electrons. The number of para-hydroxylation sites is 1. The van der Waals surface area contributed by atoms with Crippen LogP contribution >= 0.6 is 0 Å². The van der Waals surface area contributed by atoms with Crippen molar-refractivity contribution in [3.63, 3.8) is 0 Å². The monoisotopic (exact) mass is 352 g/mol. The largest absolute Gasteiger partial charge is 0.452 e. The first-order valence-electron chi connectivity index (χ1n) is 7.96. The van der Waals surface area contributed by atoms with Gasteiger partial charge < -0.3 is 19.7 Å². The number of anilines is 1. The molecule has 1 saturated heterocycles. The summed E-state index contributed by atoms with van der Waals surface area (Å²) in [5, 5.41) is 2.56. The minimum atomic E-state index is -0.984. The van der Waals surface area contributed by atoms with E-state index in [2.05, 4.69) is 5.32 Å². The molecule has 1 aliphatic rings. The fourth-order valence-corrected chi connectivity index (χ4v) is 2.51. The van der Waals surface area contributed by atoms with Crippen molar-refractivity contribution in [1.29, 1.82) is 0 Å². The average molecular weight is 352 g/mol. The van der Waals surface area contributed by atoms with Crippen molar-refractivity contribution in [3.8, 4) is 0 Å². The topological polar surface area (TPSA) is 84.9 Å². The van der Waals surface area contributed by atoms with Crippen molar-refractivity contribution < 1.29 is 28.2 Å². The number of halogens is 1. The highest BCUT2D eigenvalue weighted by atomic mass is 19.1. The first kappa shape index (κ1) is 18.9. The summed E-state index contributed by atoms with van der Waals surface area (Å²) in [6.07, 6.45) is -1.06. The molecule has 7 nitrogen and oxygen atoms in total. The molecular formula is C17H21FN2O5. The van der Waals surface area contributed by atoms with Gasteiger partial charge in [0.05, 0.1) is 18.2 Å². The van der Waals surface area contributed by atoms with Crippen LogP contribution in [0.2, 0.25) is 0 Å². The summed E-state index contributed by atoms with van der Waals surface area (Å²) in [4.78, 5) is 37.3. The van der Waals surface area contributed by atoms with Gasteiger partial charge in [-0.3, -0.25) is 14.4 Å². The minimum Gasteiger partial charge on any atom is -0.452 e. The lowest BCUT2D eigenvalue weighted by atomic mass is 10.1. The van der Waals surface area contributed by atoms with Crippen LogP contribution in [0.1, 0.15) is 13.3 Å². The number of nitrogens with zero attached hydrogens (tertiary/aromatic N) is 1. The molecule has 2 amide bonds.